The minimum Gasteiger partial charge on any atom is -0.493 e. The van der Waals surface area contributed by atoms with Gasteiger partial charge in [0.25, 0.3) is 0 Å². The van der Waals surface area contributed by atoms with Gasteiger partial charge in [0, 0.05) is 6.54 Å². The van der Waals surface area contributed by atoms with Crippen LogP contribution in [0.25, 0.3) is 0 Å². The maximum Gasteiger partial charge on any atom is 0.226 e. The zero-order valence-corrected chi connectivity index (χ0v) is 13.6. The molecule has 1 fully saturated rings. The van der Waals surface area contributed by atoms with Crippen molar-refractivity contribution in [3.63, 3.8) is 0 Å². The summed E-state index contributed by atoms with van der Waals surface area (Å²) in [5.74, 6) is -0.344. The lowest BCUT2D eigenvalue weighted by Gasteiger charge is -2.25. The minimum atomic E-state index is -0.600. The summed E-state index contributed by atoms with van der Waals surface area (Å²) in [5.41, 5.74) is 0.797. The number of nitrogens with zero attached hydrogens (tertiary/aromatic N) is 1. The van der Waals surface area contributed by atoms with Gasteiger partial charge in [-0.2, -0.15) is 0 Å². The zero-order chi connectivity index (χ0) is 17.8. The molecular formula is C19H19F2NO3. The molecule has 0 radical (unpaired) electrons. The normalized spacial score (nSPS) is 19.9. The predicted molar refractivity (Wildman–Crippen MR) is 88.0 cm³/mol. The number of hydrogen-bond acceptors (Lipinski definition) is 3. The number of β-amino-alcohol motifs (C(OH)–C–C–N with tert-alkyl or cyclic N) is 1. The van der Waals surface area contributed by atoms with Crippen LogP contribution < -0.4 is 4.74 Å². The van der Waals surface area contributed by atoms with Crippen LogP contribution in [0.1, 0.15) is 24.4 Å². The fraction of sp³-hybridized carbons (Fsp3) is 0.316. The lowest BCUT2D eigenvalue weighted by Crippen LogP contribution is -2.32. The molecule has 1 amide bonds. The Bertz CT molecular complexity index is 718. The Balaban J connectivity index is 1.59. The molecule has 0 saturated carbocycles. The standard InChI is InChI=1S/C19H19F2NO3/c20-14-3-1-13(2-4-14)18-11-16(23)12-22(18)19(24)9-10-25-17-7-5-15(21)6-8-17/h1-8,16,18,23H,9-12H2. The van der Waals surface area contributed by atoms with Crippen LogP contribution in [0.3, 0.4) is 0 Å². The Morgan fingerprint density at radius 3 is 2.32 bits per heavy atom. The van der Waals surface area contributed by atoms with Gasteiger partial charge < -0.3 is 14.7 Å². The van der Waals surface area contributed by atoms with Gasteiger partial charge in [-0.3, -0.25) is 4.79 Å². The van der Waals surface area contributed by atoms with Crippen LogP contribution in [-0.4, -0.2) is 35.2 Å². The van der Waals surface area contributed by atoms with Crippen molar-refractivity contribution in [3.8, 4) is 5.75 Å². The van der Waals surface area contributed by atoms with Gasteiger partial charge in [-0.25, -0.2) is 8.78 Å². The highest BCUT2D eigenvalue weighted by molar-refractivity contribution is 5.77. The Labute approximate surface area is 144 Å². The average Bonchev–Trinajstić information content (AvgIpc) is 2.99. The van der Waals surface area contributed by atoms with Gasteiger partial charge in [-0.05, 0) is 48.4 Å². The second kappa shape index (κ2) is 7.61. The summed E-state index contributed by atoms with van der Waals surface area (Å²) < 4.78 is 31.4. The monoisotopic (exact) mass is 347 g/mol. The number of halogens is 2. The maximum atomic E-state index is 13.1. The second-order valence-electron chi connectivity index (χ2n) is 6.06. The molecular weight excluding hydrogens is 328 g/mol. The summed E-state index contributed by atoms with van der Waals surface area (Å²) in [6, 6.07) is 11.3. The SMILES string of the molecule is O=C(CCOc1ccc(F)cc1)N1CC(O)CC1c1ccc(F)cc1. The van der Waals surface area contributed by atoms with E-state index in [-0.39, 0.29) is 43.2 Å². The highest BCUT2D eigenvalue weighted by Crippen LogP contribution is 2.32. The zero-order valence-electron chi connectivity index (χ0n) is 13.6. The van der Waals surface area contributed by atoms with Crippen molar-refractivity contribution in [1.82, 2.24) is 4.90 Å². The van der Waals surface area contributed by atoms with Crippen molar-refractivity contribution >= 4 is 5.91 Å². The number of hydrogen-bond donors (Lipinski definition) is 1. The highest BCUT2D eigenvalue weighted by atomic mass is 19.1. The van der Waals surface area contributed by atoms with Crippen LogP contribution in [-0.2, 0) is 4.79 Å². The van der Waals surface area contributed by atoms with E-state index in [9.17, 15) is 18.7 Å². The molecule has 1 saturated heterocycles. The molecule has 2 atom stereocenters. The van der Waals surface area contributed by atoms with Crippen LogP contribution in [0.5, 0.6) is 5.75 Å². The van der Waals surface area contributed by atoms with Gasteiger partial charge in [-0.15, -0.1) is 0 Å². The van der Waals surface area contributed by atoms with E-state index in [2.05, 4.69) is 0 Å². The summed E-state index contributed by atoms with van der Waals surface area (Å²) in [7, 11) is 0. The van der Waals surface area contributed by atoms with Crippen molar-refractivity contribution in [2.24, 2.45) is 0 Å². The van der Waals surface area contributed by atoms with Gasteiger partial charge in [0.15, 0.2) is 0 Å². The molecule has 2 unspecified atom stereocenters. The first-order valence-corrected chi connectivity index (χ1v) is 8.14. The molecule has 0 aliphatic carbocycles. The molecule has 1 heterocycles. The third kappa shape index (κ3) is 4.33. The molecule has 1 N–H and O–H groups in total. The van der Waals surface area contributed by atoms with Crippen molar-refractivity contribution in [1.29, 1.82) is 0 Å². The second-order valence-corrected chi connectivity index (χ2v) is 6.06. The van der Waals surface area contributed by atoms with E-state index < -0.39 is 6.10 Å². The first kappa shape index (κ1) is 17.4. The van der Waals surface area contributed by atoms with Crippen LogP contribution in [0.15, 0.2) is 48.5 Å². The fourth-order valence-electron chi connectivity index (χ4n) is 3.02. The number of aliphatic hydroxyl groups is 1. The molecule has 3 rings (SSSR count). The number of aliphatic hydroxyl groups excluding tert-OH is 1. The Kier molecular flexibility index (Phi) is 5.28. The van der Waals surface area contributed by atoms with E-state index in [1.807, 2.05) is 0 Å². The molecule has 25 heavy (non-hydrogen) atoms. The van der Waals surface area contributed by atoms with Gasteiger partial charge in [0.1, 0.15) is 17.4 Å². The van der Waals surface area contributed by atoms with Crippen LogP contribution in [0, 0.1) is 11.6 Å². The maximum absolute atomic E-state index is 13.1. The smallest absolute Gasteiger partial charge is 0.226 e. The topological polar surface area (TPSA) is 49.8 Å². The fourth-order valence-corrected chi connectivity index (χ4v) is 3.02. The van der Waals surface area contributed by atoms with Crippen molar-refractivity contribution < 1.29 is 23.4 Å². The molecule has 0 aromatic heterocycles. The number of amides is 1. The first-order valence-electron chi connectivity index (χ1n) is 8.14. The largest absolute Gasteiger partial charge is 0.493 e. The molecule has 4 nitrogen and oxygen atoms in total. The summed E-state index contributed by atoms with van der Waals surface area (Å²) in [4.78, 5) is 14.1. The lowest BCUT2D eigenvalue weighted by atomic mass is 10.0. The first-order chi connectivity index (χ1) is 12.0. The van der Waals surface area contributed by atoms with Gasteiger partial charge >= 0.3 is 0 Å². The molecule has 0 bridgehead atoms. The van der Waals surface area contributed by atoms with E-state index in [1.165, 1.54) is 36.4 Å². The van der Waals surface area contributed by atoms with Crippen molar-refractivity contribution in [3.05, 3.63) is 65.7 Å². The summed E-state index contributed by atoms with van der Waals surface area (Å²) in [5, 5.41) is 9.93. The molecule has 0 spiro atoms. The van der Waals surface area contributed by atoms with E-state index >= 15 is 0 Å². The summed E-state index contributed by atoms with van der Waals surface area (Å²) >= 11 is 0. The number of likely N-dealkylation sites (tertiary alicyclic amines) is 1. The van der Waals surface area contributed by atoms with E-state index in [0.29, 0.717) is 12.2 Å². The Morgan fingerprint density at radius 1 is 1.08 bits per heavy atom. The summed E-state index contributed by atoms with van der Waals surface area (Å²) in [6.07, 6.45) is -0.0325. The molecule has 2 aromatic rings. The highest BCUT2D eigenvalue weighted by Gasteiger charge is 2.34. The molecule has 132 valence electrons. The van der Waals surface area contributed by atoms with Gasteiger partial charge in [0.2, 0.25) is 5.91 Å². The Morgan fingerprint density at radius 2 is 1.68 bits per heavy atom. The molecule has 6 heteroatoms. The number of benzene rings is 2. The summed E-state index contributed by atoms with van der Waals surface area (Å²) in [6.45, 7) is 0.407. The van der Waals surface area contributed by atoms with E-state index in [0.717, 1.165) is 5.56 Å². The van der Waals surface area contributed by atoms with Crippen LogP contribution in [0.2, 0.25) is 0 Å². The van der Waals surface area contributed by atoms with Crippen molar-refractivity contribution in [2.75, 3.05) is 13.2 Å². The van der Waals surface area contributed by atoms with Crippen LogP contribution >= 0.6 is 0 Å². The number of ether oxygens (including phenoxy) is 1. The predicted octanol–water partition coefficient (Wildman–Crippen LogP) is 3.07. The van der Waals surface area contributed by atoms with E-state index in [4.69, 9.17) is 4.74 Å². The molecule has 1 aliphatic rings. The molecule has 1 aliphatic heterocycles. The number of rotatable bonds is 5. The van der Waals surface area contributed by atoms with Gasteiger partial charge in [0.05, 0.1) is 25.2 Å². The quantitative estimate of drug-likeness (QED) is 0.904. The van der Waals surface area contributed by atoms with Crippen molar-refractivity contribution in [2.45, 2.75) is 25.0 Å². The third-order valence-corrected chi connectivity index (χ3v) is 4.25. The third-order valence-electron chi connectivity index (χ3n) is 4.25. The van der Waals surface area contributed by atoms with E-state index in [1.54, 1.807) is 17.0 Å². The number of carbonyl (C=O) groups excluding carboxylic acids is 1. The van der Waals surface area contributed by atoms with Crippen LogP contribution in [0.4, 0.5) is 8.78 Å². The average molecular weight is 347 g/mol. The number of carbonyl (C=O) groups is 1. The molecule has 2 aromatic carbocycles. The minimum absolute atomic E-state index is 0.141. The lowest BCUT2D eigenvalue weighted by molar-refractivity contribution is -0.133. The van der Waals surface area contributed by atoms with Gasteiger partial charge in [-0.1, -0.05) is 12.1 Å². The Hall–Kier alpha value is -2.47.